The zero-order chi connectivity index (χ0) is 14.7. The predicted octanol–water partition coefficient (Wildman–Crippen LogP) is 2.05. The van der Waals surface area contributed by atoms with Gasteiger partial charge in [0.15, 0.2) is 0 Å². The first-order valence-corrected chi connectivity index (χ1v) is 7.11. The monoisotopic (exact) mass is 342 g/mol. The lowest BCUT2D eigenvalue weighted by molar-refractivity contribution is 0.182. The van der Waals surface area contributed by atoms with Gasteiger partial charge in [0.05, 0.1) is 35.6 Å². The van der Waals surface area contributed by atoms with Gasteiger partial charge < -0.3 is 9.15 Å². The number of halogens is 1. The standard InChI is InChI=1S/C13H19BrN4O2/c1-8-6-10(9(2)20-8)12(17-15)13-11(14)7-16-18(13)4-5-19-3/h6-7,12,17H,4-5,15H2,1-3H3. The Morgan fingerprint density at radius 2 is 2.30 bits per heavy atom. The first-order valence-electron chi connectivity index (χ1n) is 6.31. The van der Waals surface area contributed by atoms with Crippen molar-refractivity contribution in [2.45, 2.75) is 26.4 Å². The molecule has 2 heterocycles. The minimum absolute atomic E-state index is 0.193. The third-order valence-corrected chi connectivity index (χ3v) is 3.78. The highest BCUT2D eigenvalue weighted by Gasteiger charge is 2.24. The number of nitrogens with two attached hydrogens (primary N) is 1. The summed E-state index contributed by atoms with van der Waals surface area (Å²) in [4.78, 5) is 0. The van der Waals surface area contributed by atoms with E-state index >= 15 is 0 Å². The van der Waals surface area contributed by atoms with Crippen LogP contribution in [0.1, 0.15) is 28.8 Å². The van der Waals surface area contributed by atoms with Gasteiger partial charge in [-0.1, -0.05) is 0 Å². The molecule has 7 heteroatoms. The number of hydrogen-bond donors (Lipinski definition) is 2. The van der Waals surface area contributed by atoms with E-state index in [4.69, 9.17) is 15.0 Å². The van der Waals surface area contributed by atoms with Gasteiger partial charge in [0.1, 0.15) is 11.5 Å². The number of nitrogens with zero attached hydrogens (tertiary/aromatic N) is 2. The summed E-state index contributed by atoms with van der Waals surface area (Å²) in [5.74, 6) is 7.46. The number of aromatic nitrogens is 2. The lowest BCUT2D eigenvalue weighted by Crippen LogP contribution is -2.31. The zero-order valence-corrected chi connectivity index (χ0v) is 13.4. The van der Waals surface area contributed by atoms with Crippen LogP contribution < -0.4 is 11.3 Å². The highest BCUT2D eigenvalue weighted by atomic mass is 79.9. The summed E-state index contributed by atoms with van der Waals surface area (Å²) >= 11 is 3.53. The topological polar surface area (TPSA) is 78.2 Å². The average molecular weight is 343 g/mol. The lowest BCUT2D eigenvalue weighted by atomic mass is 10.0. The van der Waals surface area contributed by atoms with Gasteiger partial charge in [-0.25, -0.2) is 5.43 Å². The van der Waals surface area contributed by atoms with Crippen LogP contribution in [-0.4, -0.2) is 23.5 Å². The summed E-state index contributed by atoms with van der Waals surface area (Å²) in [7, 11) is 1.67. The molecule has 0 saturated heterocycles. The molecule has 2 aromatic rings. The molecule has 0 bridgehead atoms. The molecule has 1 unspecified atom stereocenters. The van der Waals surface area contributed by atoms with Crippen LogP contribution in [0.25, 0.3) is 0 Å². The molecule has 0 aliphatic carbocycles. The van der Waals surface area contributed by atoms with Crippen LogP contribution in [0, 0.1) is 13.8 Å². The molecule has 110 valence electrons. The molecule has 20 heavy (non-hydrogen) atoms. The van der Waals surface area contributed by atoms with Gasteiger partial charge in [0.2, 0.25) is 0 Å². The maximum atomic E-state index is 5.76. The largest absolute Gasteiger partial charge is 0.466 e. The van der Waals surface area contributed by atoms with Crippen LogP contribution in [0.5, 0.6) is 0 Å². The quantitative estimate of drug-likeness (QED) is 0.620. The fourth-order valence-corrected chi connectivity index (χ4v) is 2.79. The molecule has 0 saturated carbocycles. The Kier molecular flexibility index (Phi) is 4.98. The van der Waals surface area contributed by atoms with Crippen molar-refractivity contribution in [1.29, 1.82) is 0 Å². The van der Waals surface area contributed by atoms with Crippen molar-refractivity contribution in [2.24, 2.45) is 5.84 Å². The Bertz CT molecular complexity index is 579. The molecule has 0 aliphatic rings. The Hall–Kier alpha value is -1.15. The minimum atomic E-state index is -0.193. The van der Waals surface area contributed by atoms with E-state index in [0.717, 1.165) is 27.3 Å². The highest BCUT2D eigenvalue weighted by molar-refractivity contribution is 9.10. The number of aryl methyl sites for hydroxylation is 2. The molecule has 0 aliphatic heterocycles. The van der Waals surface area contributed by atoms with Crippen molar-refractivity contribution < 1.29 is 9.15 Å². The summed E-state index contributed by atoms with van der Waals surface area (Å²) in [6.45, 7) is 5.09. The number of hydrogen-bond acceptors (Lipinski definition) is 5. The number of hydrazine groups is 1. The maximum absolute atomic E-state index is 5.76. The second-order valence-electron chi connectivity index (χ2n) is 4.56. The van der Waals surface area contributed by atoms with Gasteiger partial charge in [0, 0.05) is 12.7 Å². The summed E-state index contributed by atoms with van der Waals surface area (Å²) in [6.07, 6.45) is 1.76. The second-order valence-corrected chi connectivity index (χ2v) is 5.42. The molecular weight excluding hydrogens is 324 g/mol. The molecule has 0 aromatic carbocycles. The van der Waals surface area contributed by atoms with Crippen LogP contribution in [0.2, 0.25) is 0 Å². The van der Waals surface area contributed by atoms with E-state index in [9.17, 15) is 0 Å². The van der Waals surface area contributed by atoms with Crippen LogP contribution >= 0.6 is 15.9 Å². The van der Waals surface area contributed by atoms with E-state index in [1.165, 1.54) is 0 Å². The number of ether oxygens (including phenoxy) is 1. The molecule has 0 radical (unpaired) electrons. The first kappa shape index (κ1) is 15.2. The predicted molar refractivity (Wildman–Crippen MR) is 79.2 cm³/mol. The van der Waals surface area contributed by atoms with Gasteiger partial charge in [-0.3, -0.25) is 10.5 Å². The normalized spacial score (nSPS) is 12.8. The molecule has 0 fully saturated rings. The molecule has 0 amide bonds. The average Bonchev–Trinajstić information content (AvgIpc) is 2.93. The van der Waals surface area contributed by atoms with Gasteiger partial charge >= 0.3 is 0 Å². The van der Waals surface area contributed by atoms with Crippen molar-refractivity contribution in [3.63, 3.8) is 0 Å². The molecular formula is C13H19BrN4O2. The van der Waals surface area contributed by atoms with Crippen molar-refractivity contribution in [3.8, 4) is 0 Å². The summed E-state index contributed by atoms with van der Waals surface area (Å²) in [6, 6.07) is 1.79. The third kappa shape index (κ3) is 2.95. The highest BCUT2D eigenvalue weighted by Crippen LogP contribution is 2.31. The van der Waals surface area contributed by atoms with E-state index in [-0.39, 0.29) is 6.04 Å². The van der Waals surface area contributed by atoms with Crippen molar-refractivity contribution >= 4 is 15.9 Å². The Morgan fingerprint density at radius 1 is 1.55 bits per heavy atom. The van der Waals surface area contributed by atoms with Crippen LogP contribution in [0.3, 0.4) is 0 Å². The summed E-state index contributed by atoms with van der Waals surface area (Å²) < 4.78 is 13.5. The lowest BCUT2D eigenvalue weighted by Gasteiger charge is -2.18. The molecule has 3 N–H and O–H groups in total. The fraction of sp³-hybridized carbons (Fsp3) is 0.462. The van der Waals surface area contributed by atoms with Gasteiger partial charge in [-0.15, -0.1) is 0 Å². The van der Waals surface area contributed by atoms with Crippen LogP contribution in [-0.2, 0) is 11.3 Å². The van der Waals surface area contributed by atoms with Gasteiger partial charge in [0.25, 0.3) is 0 Å². The van der Waals surface area contributed by atoms with Crippen LogP contribution in [0.4, 0.5) is 0 Å². The number of nitrogens with one attached hydrogen (secondary N) is 1. The Balaban J connectivity index is 2.41. The van der Waals surface area contributed by atoms with Crippen molar-refractivity contribution in [2.75, 3.05) is 13.7 Å². The molecule has 6 nitrogen and oxygen atoms in total. The molecule has 0 spiro atoms. The molecule has 1 atom stereocenters. The molecule has 2 rings (SSSR count). The van der Waals surface area contributed by atoms with Crippen molar-refractivity contribution in [1.82, 2.24) is 15.2 Å². The SMILES string of the molecule is COCCn1ncc(Br)c1C(NN)c1cc(C)oc1C. The smallest absolute Gasteiger partial charge is 0.106 e. The van der Waals surface area contributed by atoms with Gasteiger partial charge in [-0.05, 0) is 35.8 Å². The number of rotatable bonds is 6. The van der Waals surface area contributed by atoms with Gasteiger partial charge in [-0.2, -0.15) is 5.10 Å². The van der Waals surface area contributed by atoms with E-state index in [1.54, 1.807) is 13.3 Å². The zero-order valence-electron chi connectivity index (χ0n) is 11.8. The summed E-state index contributed by atoms with van der Waals surface area (Å²) in [5, 5.41) is 4.35. The number of methoxy groups -OCH3 is 1. The van der Waals surface area contributed by atoms with Crippen molar-refractivity contribution in [3.05, 3.63) is 39.5 Å². The summed E-state index contributed by atoms with van der Waals surface area (Å²) in [5.41, 5.74) is 4.80. The van der Waals surface area contributed by atoms with E-state index in [1.807, 2.05) is 24.6 Å². The Morgan fingerprint density at radius 3 is 2.85 bits per heavy atom. The second kappa shape index (κ2) is 6.53. The molecule has 2 aromatic heterocycles. The fourth-order valence-electron chi connectivity index (χ4n) is 2.27. The maximum Gasteiger partial charge on any atom is 0.106 e. The van der Waals surface area contributed by atoms with E-state index in [2.05, 4.69) is 26.5 Å². The minimum Gasteiger partial charge on any atom is -0.466 e. The number of furan rings is 1. The van der Waals surface area contributed by atoms with E-state index < -0.39 is 0 Å². The Labute approximate surface area is 126 Å². The van der Waals surface area contributed by atoms with E-state index in [0.29, 0.717) is 13.2 Å². The third-order valence-electron chi connectivity index (χ3n) is 3.17. The first-order chi connectivity index (χ1) is 9.58. The van der Waals surface area contributed by atoms with Crippen LogP contribution in [0.15, 0.2) is 21.2 Å².